The highest BCUT2D eigenvalue weighted by atomic mass is 32.2. The van der Waals surface area contributed by atoms with Gasteiger partial charge in [0.2, 0.25) is 11.8 Å². The molecule has 10 heteroatoms. The van der Waals surface area contributed by atoms with Crippen molar-refractivity contribution >= 4 is 27.5 Å². The van der Waals surface area contributed by atoms with Gasteiger partial charge < -0.3 is 19.7 Å². The predicted molar refractivity (Wildman–Crippen MR) is 150 cm³/mol. The molecule has 0 heterocycles. The summed E-state index contributed by atoms with van der Waals surface area (Å²) in [5.74, 6) is -0.254. The van der Waals surface area contributed by atoms with E-state index in [1.807, 2.05) is 37.3 Å². The first kappa shape index (κ1) is 29.5. The van der Waals surface area contributed by atoms with Gasteiger partial charge in [0.15, 0.2) is 0 Å². The van der Waals surface area contributed by atoms with E-state index in [4.69, 9.17) is 9.47 Å². The maximum Gasteiger partial charge on any atom is 0.264 e. The number of nitrogens with zero attached hydrogens (tertiary/aromatic N) is 2. The third kappa shape index (κ3) is 6.88. The quantitative estimate of drug-likeness (QED) is 0.366. The van der Waals surface area contributed by atoms with E-state index in [0.717, 1.165) is 15.4 Å². The summed E-state index contributed by atoms with van der Waals surface area (Å²) < 4.78 is 39.9. The Morgan fingerprint density at radius 2 is 1.62 bits per heavy atom. The topological polar surface area (TPSA) is 105 Å². The highest BCUT2D eigenvalue weighted by Gasteiger charge is 2.34. The first-order chi connectivity index (χ1) is 18.7. The van der Waals surface area contributed by atoms with Gasteiger partial charge in [0, 0.05) is 19.7 Å². The van der Waals surface area contributed by atoms with Crippen LogP contribution in [0.1, 0.15) is 24.5 Å². The van der Waals surface area contributed by atoms with Crippen molar-refractivity contribution in [1.82, 2.24) is 10.2 Å². The number of ether oxygens (including phenoxy) is 2. The summed E-state index contributed by atoms with van der Waals surface area (Å²) >= 11 is 0. The molecule has 0 aliphatic heterocycles. The first-order valence-electron chi connectivity index (χ1n) is 12.5. The molecule has 3 aromatic carbocycles. The van der Waals surface area contributed by atoms with Gasteiger partial charge in [0.05, 0.1) is 24.8 Å². The monoisotopic (exact) mass is 553 g/mol. The van der Waals surface area contributed by atoms with Crippen LogP contribution in [0.4, 0.5) is 5.69 Å². The number of carbonyl (C=O) groups excluding carboxylic acids is 2. The van der Waals surface area contributed by atoms with Gasteiger partial charge in [-0.15, -0.1) is 0 Å². The molecule has 0 unspecified atom stereocenters. The molecule has 2 amide bonds. The Labute approximate surface area is 230 Å². The van der Waals surface area contributed by atoms with Crippen LogP contribution in [0, 0.1) is 6.92 Å². The number of amides is 2. The summed E-state index contributed by atoms with van der Waals surface area (Å²) in [5, 5.41) is 2.62. The molecule has 0 saturated heterocycles. The van der Waals surface area contributed by atoms with E-state index in [9.17, 15) is 18.0 Å². The molecular formula is C29H35N3O6S. The smallest absolute Gasteiger partial charge is 0.264 e. The first-order valence-corrected chi connectivity index (χ1v) is 14.0. The minimum Gasteiger partial charge on any atom is -0.497 e. The molecule has 9 nitrogen and oxygen atoms in total. The average molecular weight is 554 g/mol. The van der Waals surface area contributed by atoms with E-state index in [1.165, 1.54) is 44.4 Å². The Morgan fingerprint density at radius 3 is 2.18 bits per heavy atom. The SMILES string of the molecule is CC[C@@H](C(=O)NC)N(Cc1ccccc1)C(=O)CN(c1cc(OC)ccc1OC)S(=O)(=O)c1ccc(C)cc1. The summed E-state index contributed by atoms with van der Waals surface area (Å²) in [4.78, 5) is 28.2. The predicted octanol–water partition coefficient (Wildman–Crippen LogP) is 3.76. The molecule has 1 N–H and O–H groups in total. The molecule has 3 aromatic rings. The van der Waals surface area contributed by atoms with Crippen molar-refractivity contribution in [2.75, 3.05) is 32.1 Å². The lowest BCUT2D eigenvalue weighted by Crippen LogP contribution is -2.51. The molecule has 0 saturated carbocycles. The lowest BCUT2D eigenvalue weighted by atomic mass is 10.1. The standard InChI is InChI=1S/C29H35N3O6S/c1-6-25(29(34)30-3)31(19-22-10-8-7-9-11-22)28(33)20-32(26-18-23(37-4)14-17-27(26)38-5)39(35,36)24-15-12-21(2)13-16-24/h7-18,25H,6,19-20H2,1-5H3,(H,30,34)/t25-/m0/s1. The van der Waals surface area contributed by atoms with E-state index in [0.29, 0.717) is 12.2 Å². The number of anilines is 1. The number of hydrogen-bond donors (Lipinski definition) is 1. The number of nitrogens with one attached hydrogen (secondary N) is 1. The van der Waals surface area contributed by atoms with Crippen LogP contribution in [-0.4, -0.2) is 59.0 Å². The van der Waals surface area contributed by atoms with Gasteiger partial charge in [0.25, 0.3) is 10.0 Å². The Morgan fingerprint density at radius 1 is 0.949 bits per heavy atom. The number of methoxy groups -OCH3 is 2. The Bertz CT molecular complexity index is 1380. The van der Waals surface area contributed by atoms with E-state index in [2.05, 4.69) is 5.32 Å². The highest BCUT2D eigenvalue weighted by Crippen LogP contribution is 2.36. The summed E-state index contributed by atoms with van der Waals surface area (Å²) in [7, 11) is 0.152. The summed E-state index contributed by atoms with van der Waals surface area (Å²) in [6.45, 7) is 3.21. The van der Waals surface area contributed by atoms with Crippen LogP contribution in [0.25, 0.3) is 0 Å². The van der Waals surface area contributed by atoms with Crippen molar-refractivity contribution in [1.29, 1.82) is 0 Å². The second kappa shape index (κ2) is 13.1. The number of benzene rings is 3. The number of sulfonamides is 1. The van der Waals surface area contributed by atoms with E-state index >= 15 is 0 Å². The molecule has 0 radical (unpaired) electrons. The van der Waals surface area contributed by atoms with Crippen molar-refractivity contribution in [3.05, 3.63) is 83.9 Å². The van der Waals surface area contributed by atoms with Crippen molar-refractivity contribution in [2.45, 2.75) is 37.8 Å². The van der Waals surface area contributed by atoms with Gasteiger partial charge in [-0.1, -0.05) is 55.0 Å². The molecule has 0 aromatic heterocycles. The van der Waals surface area contributed by atoms with Crippen LogP contribution >= 0.6 is 0 Å². The van der Waals surface area contributed by atoms with Crippen molar-refractivity contribution < 1.29 is 27.5 Å². The third-order valence-corrected chi connectivity index (χ3v) is 8.14. The van der Waals surface area contributed by atoms with E-state index in [-0.39, 0.29) is 28.8 Å². The molecule has 0 fully saturated rings. The summed E-state index contributed by atoms with van der Waals surface area (Å²) in [5.41, 5.74) is 1.83. The molecule has 0 spiro atoms. The van der Waals surface area contributed by atoms with E-state index < -0.39 is 28.5 Å². The van der Waals surface area contributed by atoms with Gasteiger partial charge in [-0.2, -0.15) is 0 Å². The minimum atomic E-state index is -4.24. The zero-order valence-corrected chi connectivity index (χ0v) is 23.7. The van der Waals surface area contributed by atoms with Gasteiger partial charge in [-0.05, 0) is 43.2 Å². The number of carbonyl (C=O) groups is 2. The lowest BCUT2D eigenvalue weighted by Gasteiger charge is -2.33. The van der Waals surface area contributed by atoms with Crippen LogP contribution in [0.15, 0.2) is 77.7 Å². The zero-order chi connectivity index (χ0) is 28.6. The third-order valence-electron chi connectivity index (χ3n) is 6.37. The molecule has 39 heavy (non-hydrogen) atoms. The summed E-state index contributed by atoms with van der Waals surface area (Å²) in [6, 6.07) is 19.5. The highest BCUT2D eigenvalue weighted by molar-refractivity contribution is 7.92. The van der Waals surface area contributed by atoms with Gasteiger partial charge in [0.1, 0.15) is 24.1 Å². The summed E-state index contributed by atoms with van der Waals surface area (Å²) in [6.07, 6.45) is 0.339. The van der Waals surface area contributed by atoms with Crippen LogP contribution in [-0.2, 0) is 26.2 Å². The Balaban J connectivity index is 2.14. The fourth-order valence-electron chi connectivity index (χ4n) is 4.21. The van der Waals surface area contributed by atoms with Crippen LogP contribution in [0.2, 0.25) is 0 Å². The lowest BCUT2D eigenvalue weighted by molar-refractivity contribution is -0.140. The maximum absolute atomic E-state index is 14.0. The van der Waals surface area contributed by atoms with Crippen molar-refractivity contribution in [2.24, 2.45) is 0 Å². The van der Waals surface area contributed by atoms with Crippen LogP contribution in [0.5, 0.6) is 11.5 Å². The molecule has 1 atom stereocenters. The molecule has 0 aliphatic rings. The Kier molecular flexibility index (Phi) is 9.95. The minimum absolute atomic E-state index is 0.0127. The van der Waals surface area contributed by atoms with Crippen LogP contribution < -0.4 is 19.1 Å². The molecule has 0 bridgehead atoms. The number of likely N-dealkylation sites (N-methyl/N-ethyl adjacent to an activating group) is 1. The van der Waals surface area contributed by atoms with Gasteiger partial charge in [-0.25, -0.2) is 8.42 Å². The maximum atomic E-state index is 14.0. The average Bonchev–Trinajstić information content (AvgIpc) is 2.95. The number of rotatable bonds is 12. The van der Waals surface area contributed by atoms with Crippen molar-refractivity contribution in [3.63, 3.8) is 0 Å². The molecule has 208 valence electrons. The fourth-order valence-corrected chi connectivity index (χ4v) is 5.63. The number of hydrogen-bond acceptors (Lipinski definition) is 6. The van der Waals surface area contributed by atoms with Gasteiger partial charge in [-0.3, -0.25) is 13.9 Å². The zero-order valence-electron chi connectivity index (χ0n) is 22.9. The molecule has 3 rings (SSSR count). The fraction of sp³-hybridized carbons (Fsp3) is 0.310. The normalized spacial score (nSPS) is 11.8. The second-order valence-corrected chi connectivity index (χ2v) is 10.8. The van der Waals surface area contributed by atoms with E-state index in [1.54, 1.807) is 31.2 Å². The van der Waals surface area contributed by atoms with Crippen molar-refractivity contribution in [3.8, 4) is 11.5 Å². The van der Waals surface area contributed by atoms with Crippen LogP contribution in [0.3, 0.4) is 0 Å². The Hall–Kier alpha value is -4.05. The molecular weight excluding hydrogens is 518 g/mol. The molecule has 0 aliphatic carbocycles. The van der Waals surface area contributed by atoms with Gasteiger partial charge >= 0.3 is 0 Å². The second-order valence-electron chi connectivity index (χ2n) is 8.91. The largest absolute Gasteiger partial charge is 0.497 e. The number of aryl methyl sites for hydroxylation is 1.